The second-order valence-electron chi connectivity index (χ2n) is 6.19. The van der Waals surface area contributed by atoms with Gasteiger partial charge < -0.3 is 5.11 Å². The summed E-state index contributed by atoms with van der Waals surface area (Å²) in [6.07, 6.45) is 0. The fraction of sp³-hybridized carbons (Fsp3) is 0.294. The lowest BCUT2D eigenvalue weighted by Crippen LogP contribution is -2.24. The molecule has 0 fully saturated rings. The van der Waals surface area contributed by atoms with Gasteiger partial charge >= 0.3 is 0 Å². The van der Waals surface area contributed by atoms with E-state index in [0.29, 0.717) is 5.02 Å². The van der Waals surface area contributed by atoms with Crippen molar-refractivity contribution in [2.75, 3.05) is 6.61 Å². The predicted octanol–water partition coefficient (Wildman–Crippen LogP) is 3.65. The van der Waals surface area contributed by atoms with E-state index < -0.39 is 0 Å². The fourth-order valence-corrected chi connectivity index (χ4v) is 2.63. The first-order valence-corrected chi connectivity index (χ1v) is 7.53. The van der Waals surface area contributed by atoms with Crippen LogP contribution in [0.4, 0.5) is 0 Å². The molecule has 5 heteroatoms. The van der Waals surface area contributed by atoms with Crippen LogP contribution in [0, 0.1) is 6.92 Å². The molecule has 22 heavy (non-hydrogen) atoms. The quantitative estimate of drug-likeness (QED) is 0.802. The van der Waals surface area contributed by atoms with Crippen molar-refractivity contribution in [1.82, 2.24) is 15.0 Å². The van der Waals surface area contributed by atoms with Crippen molar-refractivity contribution in [2.45, 2.75) is 26.2 Å². The predicted molar refractivity (Wildman–Crippen MR) is 88.7 cm³/mol. The Bertz CT molecular complexity index is 839. The zero-order chi connectivity index (χ0) is 15.9. The Morgan fingerprint density at radius 3 is 2.55 bits per heavy atom. The first kappa shape index (κ1) is 15.0. The fourth-order valence-electron chi connectivity index (χ4n) is 2.46. The minimum atomic E-state index is -0.375. The molecule has 4 nitrogen and oxygen atoms in total. The van der Waals surface area contributed by atoms with Crippen molar-refractivity contribution < 1.29 is 5.11 Å². The standard InChI is InChI=1S/C17H18ClN3O/c1-11-4-6-13(17(2,3)10-22)16(8-11)21-19-14-7-5-12(18)9-15(14)20-21/h4-9,22H,10H2,1-3H3. The number of aliphatic hydroxyl groups excluding tert-OH is 1. The van der Waals surface area contributed by atoms with Gasteiger partial charge in [0, 0.05) is 10.4 Å². The first-order valence-electron chi connectivity index (χ1n) is 7.16. The van der Waals surface area contributed by atoms with Crippen LogP contribution in [0.15, 0.2) is 36.4 Å². The van der Waals surface area contributed by atoms with Gasteiger partial charge in [-0.15, -0.1) is 10.2 Å². The summed E-state index contributed by atoms with van der Waals surface area (Å²) in [4.78, 5) is 1.63. The van der Waals surface area contributed by atoms with Crippen LogP contribution in [0.5, 0.6) is 0 Å². The highest BCUT2D eigenvalue weighted by atomic mass is 35.5. The van der Waals surface area contributed by atoms with E-state index in [2.05, 4.69) is 10.2 Å². The maximum absolute atomic E-state index is 9.70. The Kier molecular flexibility index (Phi) is 3.67. The molecular weight excluding hydrogens is 298 g/mol. The Balaban J connectivity index is 2.23. The lowest BCUT2D eigenvalue weighted by molar-refractivity contribution is 0.218. The minimum Gasteiger partial charge on any atom is -0.395 e. The number of benzene rings is 2. The Morgan fingerprint density at radius 1 is 1.09 bits per heavy atom. The van der Waals surface area contributed by atoms with Crippen molar-refractivity contribution >= 4 is 22.6 Å². The van der Waals surface area contributed by atoms with Gasteiger partial charge in [0.2, 0.25) is 0 Å². The number of rotatable bonds is 3. The highest BCUT2D eigenvalue weighted by Gasteiger charge is 2.24. The summed E-state index contributed by atoms with van der Waals surface area (Å²) >= 11 is 6.02. The molecule has 0 aliphatic heterocycles. The highest BCUT2D eigenvalue weighted by molar-refractivity contribution is 6.31. The lowest BCUT2D eigenvalue weighted by Gasteiger charge is -2.25. The number of halogens is 1. The van der Waals surface area contributed by atoms with Crippen LogP contribution in [0.25, 0.3) is 16.7 Å². The van der Waals surface area contributed by atoms with Gasteiger partial charge in [-0.3, -0.25) is 0 Å². The largest absolute Gasteiger partial charge is 0.395 e. The second kappa shape index (κ2) is 5.38. The molecule has 1 heterocycles. The summed E-state index contributed by atoms with van der Waals surface area (Å²) in [6, 6.07) is 11.6. The van der Waals surface area contributed by atoms with Gasteiger partial charge in [-0.1, -0.05) is 37.6 Å². The lowest BCUT2D eigenvalue weighted by atomic mass is 9.84. The van der Waals surface area contributed by atoms with Crippen LogP contribution < -0.4 is 0 Å². The van der Waals surface area contributed by atoms with Crippen LogP contribution in [0.3, 0.4) is 0 Å². The van der Waals surface area contributed by atoms with E-state index in [1.54, 1.807) is 16.9 Å². The molecule has 0 aliphatic carbocycles. The maximum atomic E-state index is 9.70. The molecule has 0 radical (unpaired) electrons. The van der Waals surface area contributed by atoms with E-state index in [1.807, 2.05) is 45.0 Å². The Morgan fingerprint density at radius 2 is 1.82 bits per heavy atom. The third-order valence-corrected chi connectivity index (χ3v) is 4.07. The minimum absolute atomic E-state index is 0.0513. The molecule has 0 saturated carbocycles. The molecule has 3 aromatic rings. The third kappa shape index (κ3) is 2.60. The number of hydrogen-bond acceptors (Lipinski definition) is 3. The van der Waals surface area contributed by atoms with Gasteiger partial charge in [0.15, 0.2) is 0 Å². The monoisotopic (exact) mass is 315 g/mol. The van der Waals surface area contributed by atoms with E-state index in [-0.39, 0.29) is 12.0 Å². The average Bonchev–Trinajstić information content (AvgIpc) is 2.89. The molecular formula is C17H18ClN3O. The Labute approximate surface area is 134 Å². The highest BCUT2D eigenvalue weighted by Crippen LogP contribution is 2.29. The normalized spacial score (nSPS) is 12.0. The summed E-state index contributed by atoms with van der Waals surface area (Å²) in [5, 5.41) is 19.4. The van der Waals surface area contributed by atoms with Crippen molar-refractivity contribution in [3.8, 4) is 5.69 Å². The van der Waals surface area contributed by atoms with Gasteiger partial charge in [-0.25, -0.2) is 0 Å². The number of aryl methyl sites for hydroxylation is 1. The number of aromatic nitrogens is 3. The Hall–Kier alpha value is -1.91. The van der Waals surface area contributed by atoms with Crippen molar-refractivity contribution in [1.29, 1.82) is 0 Å². The van der Waals surface area contributed by atoms with Gasteiger partial charge in [0.25, 0.3) is 0 Å². The smallest absolute Gasteiger partial charge is 0.115 e. The molecule has 1 aromatic heterocycles. The first-order chi connectivity index (χ1) is 10.4. The molecule has 3 rings (SSSR count). The third-order valence-electron chi connectivity index (χ3n) is 3.84. The zero-order valence-corrected chi connectivity index (χ0v) is 13.6. The molecule has 114 valence electrons. The average molecular weight is 316 g/mol. The zero-order valence-electron chi connectivity index (χ0n) is 12.8. The number of aliphatic hydroxyl groups is 1. The molecule has 0 spiro atoms. The van der Waals surface area contributed by atoms with E-state index in [4.69, 9.17) is 11.6 Å². The SMILES string of the molecule is Cc1ccc(C(C)(C)CO)c(-n2nc3ccc(Cl)cc3n2)c1. The van der Waals surface area contributed by atoms with Gasteiger partial charge in [0.1, 0.15) is 11.0 Å². The summed E-state index contributed by atoms with van der Waals surface area (Å²) in [6.45, 7) is 6.08. The van der Waals surface area contributed by atoms with Gasteiger partial charge in [0.05, 0.1) is 12.3 Å². The van der Waals surface area contributed by atoms with Crippen molar-refractivity contribution in [3.63, 3.8) is 0 Å². The summed E-state index contributed by atoms with van der Waals surface area (Å²) in [5.74, 6) is 0. The molecule has 1 N–H and O–H groups in total. The summed E-state index contributed by atoms with van der Waals surface area (Å²) in [7, 11) is 0. The van der Waals surface area contributed by atoms with Crippen molar-refractivity contribution in [2.24, 2.45) is 0 Å². The molecule has 0 bridgehead atoms. The second-order valence-corrected chi connectivity index (χ2v) is 6.62. The van der Waals surface area contributed by atoms with E-state index in [9.17, 15) is 5.11 Å². The van der Waals surface area contributed by atoms with Crippen LogP contribution in [-0.4, -0.2) is 26.7 Å². The van der Waals surface area contributed by atoms with Gasteiger partial charge in [-0.2, -0.15) is 4.80 Å². The van der Waals surface area contributed by atoms with E-state index >= 15 is 0 Å². The molecule has 0 aliphatic rings. The van der Waals surface area contributed by atoms with Crippen LogP contribution in [-0.2, 0) is 5.41 Å². The van der Waals surface area contributed by atoms with Crippen LogP contribution >= 0.6 is 11.6 Å². The van der Waals surface area contributed by atoms with Crippen molar-refractivity contribution in [3.05, 3.63) is 52.5 Å². The summed E-state index contributed by atoms with van der Waals surface area (Å²) in [5.41, 5.74) is 4.17. The number of hydrogen-bond donors (Lipinski definition) is 1. The molecule has 0 unspecified atom stereocenters. The topological polar surface area (TPSA) is 50.9 Å². The van der Waals surface area contributed by atoms with Crippen LogP contribution in [0.1, 0.15) is 25.0 Å². The summed E-state index contributed by atoms with van der Waals surface area (Å²) < 4.78 is 0. The number of nitrogens with zero attached hydrogens (tertiary/aromatic N) is 3. The molecule has 0 amide bonds. The van der Waals surface area contributed by atoms with E-state index in [0.717, 1.165) is 27.8 Å². The van der Waals surface area contributed by atoms with Crippen LogP contribution in [0.2, 0.25) is 5.02 Å². The molecule has 0 saturated heterocycles. The number of fused-ring (bicyclic) bond motifs is 1. The molecule has 2 aromatic carbocycles. The molecule has 0 atom stereocenters. The van der Waals surface area contributed by atoms with E-state index in [1.165, 1.54) is 0 Å². The maximum Gasteiger partial charge on any atom is 0.115 e. The van der Waals surface area contributed by atoms with Gasteiger partial charge in [-0.05, 0) is 42.3 Å².